The maximum Gasteiger partial charge on any atom is 0.0591 e. The molecule has 182 valence electrons. The largest absolute Gasteiger partial charge is 0.393 e. The molecule has 0 aromatic rings. The van der Waals surface area contributed by atoms with Crippen molar-refractivity contribution in [3.05, 3.63) is 35.5 Å². The highest BCUT2D eigenvalue weighted by molar-refractivity contribution is 5.38. The number of fused-ring (bicyclic) bond motifs is 1. The number of aliphatic hydroxyl groups excluding tert-OH is 2. The third kappa shape index (κ3) is 5.77. The predicted molar refractivity (Wildman–Crippen MR) is 133 cm³/mol. The van der Waals surface area contributed by atoms with Crippen molar-refractivity contribution in [3.8, 4) is 0 Å². The van der Waals surface area contributed by atoms with Gasteiger partial charge in [-0.2, -0.15) is 0 Å². The van der Waals surface area contributed by atoms with Gasteiger partial charge in [0.05, 0.1) is 17.8 Å². The topological polar surface area (TPSA) is 60.7 Å². The number of allylic oxidation sites excluding steroid dienone is 3. The Labute approximate surface area is 196 Å². The van der Waals surface area contributed by atoms with Crippen molar-refractivity contribution < 1.29 is 15.3 Å². The average molecular weight is 445 g/mol. The summed E-state index contributed by atoms with van der Waals surface area (Å²) in [5.74, 6) is 2.08. The van der Waals surface area contributed by atoms with Crippen LogP contribution in [-0.2, 0) is 0 Å². The van der Waals surface area contributed by atoms with Gasteiger partial charge in [-0.3, -0.25) is 0 Å². The second kappa shape index (κ2) is 10.2. The summed E-state index contributed by atoms with van der Waals surface area (Å²) in [7, 11) is 0. The zero-order valence-corrected chi connectivity index (χ0v) is 21.2. The first-order valence-electron chi connectivity index (χ1n) is 13.1. The molecular formula is C29H48O3. The van der Waals surface area contributed by atoms with Gasteiger partial charge in [0.1, 0.15) is 0 Å². The van der Waals surface area contributed by atoms with Crippen molar-refractivity contribution in [2.45, 2.75) is 117 Å². The smallest absolute Gasteiger partial charge is 0.0591 e. The molecule has 3 aliphatic carbocycles. The molecule has 3 N–H and O–H groups in total. The Morgan fingerprint density at radius 2 is 1.94 bits per heavy atom. The minimum Gasteiger partial charge on any atom is -0.393 e. The highest BCUT2D eigenvalue weighted by Crippen LogP contribution is 2.60. The van der Waals surface area contributed by atoms with Gasteiger partial charge in [-0.1, -0.05) is 51.0 Å². The summed E-state index contributed by atoms with van der Waals surface area (Å²) >= 11 is 0. The molecule has 7 atom stereocenters. The van der Waals surface area contributed by atoms with Gasteiger partial charge < -0.3 is 15.3 Å². The Hall–Kier alpha value is -0.900. The van der Waals surface area contributed by atoms with E-state index in [0.717, 1.165) is 29.9 Å². The molecule has 0 aliphatic heterocycles. The molecular weight excluding hydrogens is 396 g/mol. The van der Waals surface area contributed by atoms with Gasteiger partial charge in [0.25, 0.3) is 0 Å². The van der Waals surface area contributed by atoms with Crippen molar-refractivity contribution in [3.63, 3.8) is 0 Å². The van der Waals surface area contributed by atoms with Crippen LogP contribution in [-0.4, -0.2) is 33.1 Å². The van der Waals surface area contributed by atoms with E-state index in [1.165, 1.54) is 38.5 Å². The van der Waals surface area contributed by atoms with Crippen LogP contribution in [0.25, 0.3) is 0 Å². The van der Waals surface area contributed by atoms with Crippen LogP contribution in [0.15, 0.2) is 35.5 Å². The number of hydrogen-bond donors (Lipinski definition) is 3. The van der Waals surface area contributed by atoms with E-state index in [0.29, 0.717) is 30.1 Å². The summed E-state index contributed by atoms with van der Waals surface area (Å²) in [6.07, 6.45) is 14.5. The van der Waals surface area contributed by atoms with Crippen molar-refractivity contribution in [1.82, 2.24) is 0 Å². The molecule has 3 saturated carbocycles. The molecule has 3 fully saturated rings. The SMILES string of the molecule is C=C1/C(=C\C=C2/CCC[C@]3(C)[C@@H]([C@H](C)CCCC(C)(C)O)CC[C@@H]23)C[C@@H](O)C[C@@H]1[C@H](C)O. The number of aliphatic hydroxyl groups is 3. The predicted octanol–water partition coefficient (Wildman–Crippen LogP) is 6.34. The fraction of sp³-hybridized carbons (Fsp3) is 0.793. The van der Waals surface area contributed by atoms with Crippen LogP contribution in [0.2, 0.25) is 0 Å². The lowest BCUT2D eigenvalue weighted by molar-refractivity contribution is 0.0596. The lowest BCUT2D eigenvalue weighted by Gasteiger charge is -2.44. The summed E-state index contributed by atoms with van der Waals surface area (Å²) in [6, 6.07) is 0. The van der Waals surface area contributed by atoms with E-state index < -0.39 is 11.7 Å². The number of hydrogen-bond acceptors (Lipinski definition) is 3. The summed E-state index contributed by atoms with van der Waals surface area (Å²) in [5.41, 5.74) is 3.52. The first kappa shape index (κ1) is 25.7. The zero-order valence-electron chi connectivity index (χ0n) is 21.2. The van der Waals surface area contributed by atoms with Gasteiger partial charge in [-0.15, -0.1) is 0 Å². The van der Waals surface area contributed by atoms with Crippen LogP contribution in [0.5, 0.6) is 0 Å². The van der Waals surface area contributed by atoms with Crippen LogP contribution in [0, 0.1) is 29.1 Å². The molecule has 3 nitrogen and oxygen atoms in total. The van der Waals surface area contributed by atoms with Gasteiger partial charge in [0.2, 0.25) is 0 Å². The monoisotopic (exact) mass is 444 g/mol. The standard InChI is InChI=1S/C29H48O3/c1-19(9-7-15-28(4,5)32)26-13-14-27-22(10-8-16-29(26,27)6)11-12-23-17-24(31)18-25(20(23)2)21(3)30/h11-12,19,21,24-27,30-32H,2,7-10,13-18H2,1,3-6H3/b22-11+,23-12-/t19-,21+,24-,25+,26-,27+,29-/m1/s1. The molecule has 0 aromatic heterocycles. The highest BCUT2D eigenvalue weighted by atomic mass is 16.3. The molecule has 0 radical (unpaired) electrons. The Morgan fingerprint density at radius 3 is 2.59 bits per heavy atom. The second-order valence-electron chi connectivity index (χ2n) is 12.2. The zero-order chi connectivity index (χ0) is 23.7. The molecule has 0 saturated heterocycles. The van der Waals surface area contributed by atoms with Crippen LogP contribution in [0.3, 0.4) is 0 Å². The Bertz CT molecular complexity index is 725. The molecule has 0 heterocycles. The molecule has 0 aromatic carbocycles. The van der Waals surface area contributed by atoms with Gasteiger partial charge >= 0.3 is 0 Å². The maximum atomic E-state index is 10.3. The fourth-order valence-corrected chi connectivity index (χ4v) is 7.28. The van der Waals surface area contributed by atoms with Crippen LogP contribution < -0.4 is 0 Å². The Morgan fingerprint density at radius 1 is 1.22 bits per heavy atom. The summed E-state index contributed by atoms with van der Waals surface area (Å²) in [6.45, 7) is 14.9. The molecule has 0 bridgehead atoms. The quantitative estimate of drug-likeness (QED) is 0.429. The van der Waals surface area contributed by atoms with Crippen LogP contribution in [0.1, 0.15) is 98.8 Å². The van der Waals surface area contributed by atoms with Gasteiger partial charge in [0.15, 0.2) is 0 Å². The second-order valence-corrected chi connectivity index (χ2v) is 12.2. The molecule has 32 heavy (non-hydrogen) atoms. The third-order valence-corrected chi connectivity index (χ3v) is 9.10. The Kier molecular flexibility index (Phi) is 8.16. The van der Waals surface area contributed by atoms with E-state index in [-0.39, 0.29) is 12.0 Å². The molecule has 0 amide bonds. The molecule has 3 rings (SSSR count). The lowest BCUT2D eigenvalue weighted by Crippen LogP contribution is -2.36. The van der Waals surface area contributed by atoms with Crippen LogP contribution in [0.4, 0.5) is 0 Å². The van der Waals surface area contributed by atoms with Gasteiger partial charge in [-0.05, 0) is 106 Å². The van der Waals surface area contributed by atoms with Crippen molar-refractivity contribution in [2.75, 3.05) is 0 Å². The third-order valence-electron chi connectivity index (χ3n) is 9.10. The molecule has 0 unspecified atom stereocenters. The van der Waals surface area contributed by atoms with E-state index >= 15 is 0 Å². The van der Waals surface area contributed by atoms with E-state index in [1.807, 2.05) is 13.8 Å². The normalized spacial score (nSPS) is 38.2. The van der Waals surface area contributed by atoms with E-state index in [1.54, 1.807) is 12.5 Å². The lowest BCUT2D eigenvalue weighted by atomic mass is 9.60. The first-order valence-corrected chi connectivity index (χ1v) is 13.1. The average Bonchev–Trinajstić information content (AvgIpc) is 3.04. The summed E-state index contributed by atoms with van der Waals surface area (Å²) in [4.78, 5) is 0. The first-order chi connectivity index (χ1) is 14.9. The highest BCUT2D eigenvalue weighted by Gasteiger charge is 2.50. The van der Waals surface area contributed by atoms with Crippen molar-refractivity contribution in [1.29, 1.82) is 0 Å². The van der Waals surface area contributed by atoms with Gasteiger partial charge in [-0.25, -0.2) is 0 Å². The summed E-state index contributed by atoms with van der Waals surface area (Å²) in [5, 5.41) is 30.5. The van der Waals surface area contributed by atoms with E-state index in [2.05, 4.69) is 32.6 Å². The Balaban J connectivity index is 1.72. The minimum atomic E-state index is -0.556. The maximum absolute atomic E-state index is 10.3. The summed E-state index contributed by atoms with van der Waals surface area (Å²) < 4.78 is 0. The van der Waals surface area contributed by atoms with Crippen molar-refractivity contribution in [2.24, 2.45) is 29.1 Å². The molecule has 3 aliphatic rings. The van der Waals surface area contributed by atoms with Crippen LogP contribution >= 0.6 is 0 Å². The van der Waals surface area contributed by atoms with E-state index in [4.69, 9.17) is 0 Å². The minimum absolute atomic E-state index is 0.0411. The fourth-order valence-electron chi connectivity index (χ4n) is 7.28. The van der Waals surface area contributed by atoms with Gasteiger partial charge in [0, 0.05) is 5.92 Å². The van der Waals surface area contributed by atoms with E-state index in [9.17, 15) is 15.3 Å². The van der Waals surface area contributed by atoms with Crippen molar-refractivity contribution >= 4 is 0 Å². The number of rotatable bonds is 7. The molecule has 3 heteroatoms. The molecule has 0 spiro atoms.